The van der Waals surface area contributed by atoms with Gasteiger partial charge in [-0.3, -0.25) is 0 Å². The minimum Gasteiger partial charge on any atom is -0.453 e. The zero-order valence-corrected chi connectivity index (χ0v) is 19.1. The number of nitrogens with zero attached hydrogens (tertiary/aromatic N) is 1. The Morgan fingerprint density at radius 3 is 1.57 bits per heavy atom. The molecule has 0 radical (unpaired) electrons. The summed E-state index contributed by atoms with van der Waals surface area (Å²) in [6.45, 7) is 13.7. The van der Waals surface area contributed by atoms with Gasteiger partial charge in [0.05, 0.1) is 11.4 Å². The van der Waals surface area contributed by atoms with Crippen LogP contribution in [0.3, 0.4) is 0 Å². The second-order valence-electron chi connectivity index (χ2n) is 9.61. The van der Waals surface area contributed by atoms with Gasteiger partial charge in [-0.15, -0.1) is 0 Å². The average molecular weight is 400 g/mol. The van der Waals surface area contributed by atoms with E-state index in [4.69, 9.17) is 4.74 Å². The van der Waals surface area contributed by atoms with Crippen molar-refractivity contribution in [3.05, 3.63) is 77.9 Å². The second kappa shape index (κ2) is 7.50. The van der Waals surface area contributed by atoms with Crippen LogP contribution in [0.5, 0.6) is 11.5 Å². The molecule has 30 heavy (non-hydrogen) atoms. The first-order valence-corrected chi connectivity index (χ1v) is 11.1. The largest absolute Gasteiger partial charge is 0.453 e. The Morgan fingerprint density at radius 1 is 0.667 bits per heavy atom. The molecule has 3 aromatic rings. The Hall–Kier alpha value is -2.74. The highest BCUT2D eigenvalue weighted by atomic mass is 16.5. The molecule has 2 nitrogen and oxygen atoms in total. The van der Waals surface area contributed by atoms with Gasteiger partial charge in [-0.2, -0.15) is 0 Å². The van der Waals surface area contributed by atoms with Gasteiger partial charge in [0.2, 0.25) is 0 Å². The molecule has 1 heterocycles. The third-order valence-electron chi connectivity index (χ3n) is 6.97. The molecule has 0 fully saturated rings. The molecule has 0 aromatic heterocycles. The maximum absolute atomic E-state index is 6.55. The summed E-state index contributed by atoms with van der Waals surface area (Å²) in [6, 6.07) is 23.9. The first kappa shape index (κ1) is 20.5. The van der Waals surface area contributed by atoms with Gasteiger partial charge in [-0.05, 0) is 71.2 Å². The Labute approximate surface area is 181 Å². The molecule has 1 aliphatic rings. The van der Waals surface area contributed by atoms with Gasteiger partial charge in [-0.25, -0.2) is 0 Å². The predicted molar refractivity (Wildman–Crippen MR) is 128 cm³/mol. The van der Waals surface area contributed by atoms with E-state index in [2.05, 4.69) is 113 Å². The summed E-state index contributed by atoms with van der Waals surface area (Å²) >= 11 is 0. The first-order chi connectivity index (χ1) is 14.3. The van der Waals surface area contributed by atoms with Crippen molar-refractivity contribution in [3.8, 4) is 11.5 Å². The molecule has 0 bridgehead atoms. The van der Waals surface area contributed by atoms with Crippen molar-refractivity contribution in [2.75, 3.05) is 4.90 Å². The number of fused-ring (bicyclic) bond motifs is 2. The van der Waals surface area contributed by atoms with Crippen LogP contribution in [0.1, 0.15) is 65.5 Å². The topological polar surface area (TPSA) is 12.5 Å². The molecular formula is C28H33NO. The minimum atomic E-state index is 0.113. The van der Waals surface area contributed by atoms with Gasteiger partial charge < -0.3 is 9.64 Å². The van der Waals surface area contributed by atoms with Gasteiger partial charge in [0.1, 0.15) is 0 Å². The van der Waals surface area contributed by atoms with Gasteiger partial charge in [-0.1, -0.05) is 71.9 Å². The number of anilines is 3. The summed E-state index contributed by atoms with van der Waals surface area (Å²) in [4.78, 5) is 2.32. The zero-order valence-electron chi connectivity index (χ0n) is 19.1. The SMILES string of the molecule is CCC(C)(C)c1ccc2c(c1)Oc1cc(C(C)(C)CC)ccc1N2c1ccccc1. The molecule has 0 aliphatic carbocycles. The highest BCUT2D eigenvalue weighted by molar-refractivity contribution is 5.86. The Balaban J connectivity index is 1.90. The lowest BCUT2D eigenvalue weighted by atomic mass is 9.81. The molecule has 0 N–H and O–H groups in total. The minimum absolute atomic E-state index is 0.113. The van der Waals surface area contributed by atoms with E-state index < -0.39 is 0 Å². The van der Waals surface area contributed by atoms with Crippen molar-refractivity contribution in [2.24, 2.45) is 0 Å². The van der Waals surface area contributed by atoms with E-state index in [0.29, 0.717) is 0 Å². The molecular weight excluding hydrogens is 366 g/mol. The maximum Gasteiger partial charge on any atom is 0.151 e. The molecule has 2 heteroatoms. The Kier molecular flexibility index (Phi) is 5.13. The van der Waals surface area contributed by atoms with E-state index in [1.54, 1.807) is 0 Å². The molecule has 0 spiro atoms. The number of rotatable bonds is 5. The summed E-state index contributed by atoms with van der Waals surface area (Å²) < 4.78 is 6.55. The number of ether oxygens (including phenoxy) is 1. The van der Waals surface area contributed by atoms with E-state index in [-0.39, 0.29) is 10.8 Å². The van der Waals surface area contributed by atoms with Crippen LogP contribution in [0.4, 0.5) is 17.1 Å². The van der Waals surface area contributed by atoms with Crippen molar-refractivity contribution in [2.45, 2.75) is 65.2 Å². The van der Waals surface area contributed by atoms with Gasteiger partial charge in [0.25, 0.3) is 0 Å². The van der Waals surface area contributed by atoms with Crippen molar-refractivity contribution in [3.63, 3.8) is 0 Å². The van der Waals surface area contributed by atoms with Crippen LogP contribution in [0.2, 0.25) is 0 Å². The lowest BCUT2D eigenvalue weighted by molar-refractivity contribution is 0.459. The van der Waals surface area contributed by atoms with E-state index in [0.717, 1.165) is 41.4 Å². The lowest BCUT2D eigenvalue weighted by Gasteiger charge is -2.35. The summed E-state index contributed by atoms with van der Waals surface area (Å²) in [5, 5.41) is 0. The Bertz CT molecular complexity index is 984. The number of hydrogen-bond donors (Lipinski definition) is 0. The number of hydrogen-bond acceptors (Lipinski definition) is 2. The molecule has 0 amide bonds. The van der Waals surface area contributed by atoms with Gasteiger partial charge in [0.15, 0.2) is 11.5 Å². The maximum atomic E-state index is 6.55. The van der Waals surface area contributed by atoms with Crippen LogP contribution in [0, 0.1) is 0 Å². The highest BCUT2D eigenvalue weighted by Crippen LogP contribution is 2.52. The van der Waals surface area contributed by atoms with E-state index in [1.165, 1.54) is 11.1 Å². The third kappa shape index (κ3) is 3.49. The summed E-state index contributed by atoms with van der Waals surface area (Å²) in [5.41, 5.74) is 6.17. The van der Waals surface area contributed by atoms with Gasteiger partial charge >= 0.3 is 0 Å². The molecule has 0 saturated heterocycles. The van der Waals surface area contributed by atoms with Crippen LogP contribution in [-0.2, 0) is 10.8 Å². The molecule has 1 aliphatic heterocycles. The average Bonchev–Trinajstić information content (AvgIpc) is 2.77. The van der Waals surface area contributed by atoms with Gasteiger partial charge in [0, 0.05) is 5.69 Å². The van der Waals surface area contributed by atoms with Crippen LogP contribution in [-0.4, -0.2) is 0 Å². The number of benzene rings is 3. The molecule has 3 aromatic carbocycles. The lowest BCUT2D eigenvalue weighted by Crippen LogP contribution is -2.20. The van der Waals surface area contributed by atoms with Crippen molar-refractivity contribution < 1.29 is 4.74 Å². The van der Waals surface area contributed by atoms with Crippen molar-refractivity contribution >= 4 is 17.1 Å². The van der Waals surface area contributed by atoms with Crippen LogP contribution in [0.25, 0.3) is 0 Å². The molecule has 0 saturated carbocycles. The molecule has 156 valence electrons. The van der Waals surface area contributed by atoms with Crippen molar-refractivity contribution in [1.29, 1.82) is 0 Å². The third-order valence-corrected chi connectivity index (χ3v) is 6.97. The predicted octanol–water partition coefficient (Wildman–Crippen LogP) is 8.64. The fraction of sp³-hybridized carbons (Fsp3) is 0.357. The monoisotopic (exact) mass is 399 g/mol. The van der Waals surface area contributed by atoms with E-state index in [9.17, 15) is 0 Å². The molecule has 0 atom stereocenters. The summed E-state index contributed by atoms with van der Waals surface area (Å²) in [6.07, 6.45) is 2.17. The first-order valence-electron chi connectivity index (χ1n) is 11.1. The number of para-hydroxylation sites is 1. The molecule has 0 unspecified atom stereocenters. The fourth-order valence-corrected chi connectivity index (χ4v) is 3.91. The van der Waals surface area contributed by atoms with Crippen LogP contribution in [0.15, 0.2) is 66.7 Å². The standard InChI is InChI=1S/C28H33NO/c1-7-27(3,4)20-14-16-23-25(18-20)30-26-19-21(28(5,6)8-2)15-17-24(26)29(23)22-12-10-9-11-13-22/h9-19H,7-8H2,1-6H3. The zero-order chi connectivity index (χ0) is 21.5. The van der Waals surface area contributed by atoms with E-state index >= 15 is 0 Å². The quantitative estimate of drug-likeness (QED) is 0.333. The second-order valence-corrected chi connectivity index (χ2v) is 9.61. The van der Waals surface area contributed by atoms with Crippen LogP contribution < -0.4 is 9.64 Å². The van der Waals surface area contributed by atoms with Crippen molar-refractivity contribution in [1.82, 2.24) is 0 Å². The highest BCUT2D eigenvalue weighted by Gasteiger charge is 2.30. The van der Waals surface area contributed by atoms with Crippen LogP contribution >= 0.6 is 0 Å². The summed E-state index contributed by atoms with van der Waals surface area (Å²) in [7, 11) is 0. The van der Waals surface area contributed by atoms with E-state index in [1.807, 2.05) is 0 Å². The summed E-state index contributed by atoms with van der Waals surface area (Å²) in [5.74, 6) is 1.86. The fourth-order valence-electron chi connectivity index (χ4n) is 3.91. The smallest absolute Gasteiger partial charge is 0.151 e. The normalized spacial score (nSPS) is 13.5. The molecule has 4 rings (SSSR count). The Morgan fingerprint density at radius 2 is 1.13 bits per heavy atom.